The van der Waals surface area contributed by atoms with Gasteiger partial charge in [-0.1, -0.05) is 26.0 Å². The van der Waals surface area contributed by atoms with Crippen LogP contribution in [0.25, 0.3) is 0 Å². The fourth-order valence-corrected chi connectivity index (χ4v) is 1.80. The molecular weight excluding hydrogens is 266 g/mol. The van der Waals surface area contributed by atoms with Crippen LogP contribution in [0.5, 0.6) is 11.5 Å². The molecule has 0 spiro atoms. The normalized spacial score (nSPS) is 10.5. The van der Waals surface area contributed by atoms with Crippen molar-refractivity contribution in [1.82, 2.24) is 4.98 Å². The first-order valence-electron chi connectivity index (χ1n) is 6.86. The molecule has 0 N–H and O–H groups in total. The zero-order valence-electron chi connectivity index (χ0n) is 12.5. The van der Waals surface area contributed by atoms with Crippen molar-refractivity contribution in [2.45, 2.75) is 20.5 Å². The number of hydrogen-bond acceptors (Lipinski definition) is 4. The maximum absolute atomic E-state index is 11.8. The smallest absolute Gasteiger partial charge is 0.183 e. The molecule has 0 aliphatic carbocycles. The van der Waals surface area contributed by atoms with Gasteiger partial charge < -0.3 is 9.47 Å². The minimum atomic E-state index is -0.0523. The van der Waals surface area contributed by atoms with E-state index >= 15 is 0 Å². The van der Waals surface area contributed by atoms with Crippen LogP contribution in [0.4, 0.5) is 0 Å². The number of rotatable bonds is 6. The third kappa shape index (κ3) is 4.05. The van der Waals surface area contributed by atoms with Gasteiger partial charge in [-0.3, -0.25) is 4.79 Å². The van der Waals surface area contributed by atoms with Crippen LogP contribution in [0.3, 0.4) is 0 Å². The van der Waals surface area contributed by atoms with Crippen molar-refractivity contribution >= 4 is 5.78 Å². The highest BCUT2D eigenvalue weighted by Crippen LogP contribution is 2.16. The molecule has 0 fully saturated rings. The second kappa shape index (κ2) is 6.88. The van der Waals surface area contributed by atoms with Crippen molar-refractivity contribution in [1.29, 1.82) is 0 Å². The summed E-state index contributed by atoms with van der Waals surface area (Å²) in [6, 6.07) is 11.1. The van der Waals surface area contributed by atoms with E-state index in [4.69, 9.17) is 9.47 Å². The summed E-state index contributed by atoms with van der Waals surface area (Å²) in [6.07, 6.45) is 1.58. The molecule has 0 atom stereocenters. The molecule has 0 amide bonds. The fourth-order valence-electron chi connectivity index (χ4n) is 1.80. The summed E-state index contributed by atoms with van der Waals surface area (Å²) in [4.78, 5) is 15.9. The van der Waals surface area contributed by atoms with E-state index in [-0.39, 0.29) is 11.7 Å². The van der Waals surface area contributed by atoms with E-state index in [1.807, 2.05) is 38.1 Å². The molecule has 4 heteroatoms. The number of nitrogens with zero attached hydrogens (tertiary/aromatic N) is 1. The molecule has 0 saturated carbocycles. The second-order valence-electron chi connectivity index (χ2n) is 5.03. The topological polar surface area (TPSA) is 48.4 Å². The lowest BCUT2D eigenvalue weighted by Gasteiger charge is -2.08. The van der Waals surface area contributed by atoms with Gasteiger partial charge >= 0.3 is 0 Å². The van der Waals surface area contributed by atoms with Crippen LogP contribution in [-0.2, 0) is 6.61 Å². The minimum Gasteiger partial charge on any atom is -0.497 e. The molecule has 2 rings (SSSR count). The molecule has 0 bridgehead atoms. The summed E-state index contributed by atoms with van der Waals surface area (Å²) in [5.41, 5.74) is 1.51. The Labute approximate surface area is 124 Å². The molecule has 0 unspecified atom stereocenters. The SMILES string of the molecule is COc1ccc(COc2ccc(C(=O)C(C)C)nc2)cc1. The van der Waals surface area contributed by atoms with E-state index in [2.05, 4.69) is 4.98 Å². The predicted octanol–water partition coefficient (Wildman–Crippen LogP) is 3.51. The van der Waals surface area contributed by atoms with Crippen LogP contribution < -0.4 is 9.47 Å². The largest absolute Gasteiger partial charge is 0.497 e. The zero-order chi connectivity index (χ0) is 15.2. The monoisotopic (exact) mass is 285 g/mol. The summed E-state index contributed by atoms with van der Waals surface area (Å²) in [7, 11) is 1.64. The molecule has 0 radical (unpaired) electrons. The van der Waals surface area contributed by atoms with Crippen molar-refractivity contribution in [3.8, 4) is 11.5 Å². The Balaban J connectivity index is 1.95. The number of aromatic nitrogens is 1. The number of methoxy groups -OCH3 is 1. The Kier molecular flexibility index (Phi) is 4.93. The molecule has 21 heavy (non-hydrogen) atoms. The van der Waals surface area contributed by atoms with Gasteiger partial charge in [0.05, 0.1) is 13.3 Å². The van der Waals surface area contributed by atoms with Gasteiger partial charge in [0.15, 0.2) is 5.78 Å². The number of carbonyl (C=O) groups is 1. The molecule has 0 aliphatic heterocycles. The van der Waals surface area contributed by atoms with Gasteiger partial charge in [0, 0.05) is 5.92 Å². The van der Waals surface area contributed by atoms with Gasteiger partial charge in [-0.15, -0.1) is 0 Å². The molecule has 1 heterocycles. The summed E-state index contributed by atoms with van der Waals surface area (Å²) in [5, 5.41) is 0. The van der Waals surface area contributed by atoms with Crippen LogP contribution in [0.15, 0.2) is 42.6 Å². The number of pyridine rings is 1. The Bertz CT molecular complexity index is 588. The first-order chi connectivity index (χ1) is 10.1. The van der Waals surface area contributed by atoms with Gasteiger partial charge in [0.1, 0.15) is 23.8 Å². The first kappa shape index (κ1) is 15.0. The van der Waals surface area contributed by atoms with Gasteiger partial charge in [0.2, 0.25) is 0 Å². The highest BCUT2D eigenvalue weighted by atomic mass is 16.5. The van der Waals surface area contributed by atoms with Crippen molar-refractivity contribution < 1.29 is 14.3 Å². The molecule has 110 valence electrons. The lowest BCUT2D eigenvalue weighted by atomic mass is 10.1. The average molecular weight is 285 g/mol. The Morgan fingerprint density at radius 3 is 2.29 bits per heavy atom. The van der Waals surface area contributed by atoms with Crippen LogP contribution in [-0.4, -0.2) is 17.9 Å². The molecule has 1 aromatic carbocycles. The molecule has 1 aromatic heterocycles. The molecule has 4 nitrogen and oxygen atoms in total. The van der Waals surface area contributed by atoms with Crippen LogP contribution >= 0.6 is 0 Å². The molecule has 0 aliphatic rings. The first-order valence-corrected chi connectivity index (χ1v) is 6.86. The summed E-state index contributed by atoms with van der Waals surface area (Å²) >= 11 is 0. The quantitative estimate of drug-likeness (QED) is 0.762. The maximum atomic E-state index is 11.8. The number of benzene rings is 1. The lowest BCUT2D eigenvalue weighted by Crippen LogP contribution is -2.09. The van der Waals surface area contributed by atoms with Gasteiger partial charge in [-0.25, -0.2) is 4.98 Å². The number of ketones is 1. The highest BCUT2D eigenvalue weighted by molar-refractivity contribution is 5.95. The Hall–Kier alpha value is -2.36. The number of ether oxygens (including phenoxy) is 2. The van der Waals surface area contributed by atoms with E-state index in [0.717, 1.165) is 11.3 Å². The summed E-state index contributed by atoms with van der Waals surface area (Å²) in [6.45, 7) is 4.17. The summed E-state index contributed by atoms with van der Waals surface area (Å²) < 4.78 is 10.8. The van der Waals surface area contributed by atoms with Gasteiger partial charge in [0.25, 0.3) is 0 Å². The van der Waals surface area contributed by atoms with E-state index in [0.29, 0.717) is 18.1 Å². The highest BCUT2D eigenvalue weighted by Gasteiger charge is 2.11. The predicted molar refractivity (Wildman–Crippen MR) is 80.7 cm³/mol. The lowest BCUT2D eigenvalue weighted by molar-refractivity contribution is 0.0934. The molecule has 0 saturated heterocycles. The van der Waals surface area contributed by atoms with Crippen molar-refractivity contribution in [3.05, 3.63) is 53.9 Å². The van der Waals surface area contributed by atoms with E-state index in [1.165, 1.54) is 0 Å². The number of hydrogen-bond donors (Lipinski definition) is 0. The Morgan fingerprint density at radius 2 is 1.76 bits per heavy atom. The van der Waals surface area contributed by atoms with E-state index in [1.54, 1.807) is 25.4 Å². The van der Waals surface area contributed by atoms with Gasteiger partial charge in [-0.05, 0) is 29.8 Å². The number of Topliss-reactive ketones (excluding diaryl/α,β-unsaturated/α-hetero) is 1. The van der Waals surface area contributed by atoms with Crippen LogP contribution in [0, 0.1) is 5.92 Å². The third-order valence-electron chi connectivity index (χ3n) is 3.08. The average Bonchev–Trinajstić information content (AvgIpc) is 2.53. The third-order valence-corrected chi connectivity index (χ3v) is 3.08. The fraction of sp³-hybridized carbons (Fsp3) is 0.294. The van der Waals surface area contributed by atoms with Crippen LogP contribution in [0.2, 0.25) is 0 Å². The van der Waals surface area contributed by atoms with E-state index < -0.39 is 0 Å². The number of carbonyl (C=O) groups excluding carboxylic acids is 1. The maximum Gasteiger partial charge on any atom is 0.183 e. The zero-order valence-corrected chi connectivity index (χ0v) is 12.5. The standard InChI is InChI=1S/C17H19NO3/c1-12(2)17(19)16-9-8-15(10-18-16)21-11-13-4-6-14(20-3)7-5-13/h4-10,12H,11H2,1-3H3. The minimum absolute atomic E-state index is 0.0386. The van der Waals surface area contributed by atoms with Crippen molar-refractivity contribution in [3.63, 3.8) is 0 Å². The van der Waals surface area contributed by atoms with Crippen molar-refractivity contribution in [2.75, 3.05) is 7.11 Å². The van der Waals surface area contributed by atoms with Gasteiger partial charge in [-0.2, -0.15) is 0 Å². The van der Waals surface area contributed by atoms with Crippen LogP contribution in [0.1, 0.15) is 29.9 Å². The molecular formula is C17H19NO3. The summed E-state index contributed by atoms with van der Waals surface area (Å²) in [5.74, 6) is 1.45. The second-order valence-corrected chi connectivity index (χ2v) is 5.03. The van der Waals surface area contributed by atoms with Crippen molar-refractivity contribution in [2.24, 2.45) is 5.92 Å². The Morgan fingerprint density at radius 1 is 1.10 bits per heavy atom. The van der Waals surface area contributed by atoms with E-state index in [9.17, 15) is 4.79 Å². The molecule has 2 aromatic rings.